The van der Waals surface area contributed by atoms with E-state index in [9.17, 15) is 9.59 Å². The molecule has 0 fully saturated rings. The van der Waals surface area contributed by atoms with Gasteiger partial charge in [0.25, 0.3) is 5.91 Å². The summed E-state index contributed by atoms with van der Waals surface area (Å²) >= 11 is 0. The molecular weight excluding hydrogens is 220 g/mol. The van der Waals surface area contributed by atoms with Crippen molar-refractivity contribution in [1.29, 1.82) is 0 Å². The number of amides is 1. The van der Waals surface area contributed by atoms with Crippen LogP contribution in [0.4, 0.5) is 11.4 Å². The number of fused-ring (bicyclic) bond motifs is 1. The van der Waals surface area contributed by atoms with Crippen molar-refractivity contribution in [1.82, 2.24) is 0 Å². The number of carbonyl (C=O) groups is 2. The van der Waals surface area contributed by atoms with E-state index in [1.807, 2.05) is 24.3 Å². The van der Waals surface area contributed by atoms with Crippen molar-refractivity contribution in [3.63, 3.8) is 0 Å². The molecule has 0 saturated heterocycles. The van der Waals surface area contributed by atoms with Gasteiger partial charge in [0.05, 0.1) is 24.6 Å². The van der Waals surface area contributed by atoms with Gasteiger partial charge in [0.15, 0.2) is 0 Å². The lowest BCUT2D eigenvalue weighted by Crippen LogP contribution is -2.35. The summed E-state index contributed by atoms with van der Waals surface area (Å²) in [5.74, 6) is -0.831. The molecule has 5 heteroatoms. The van der Waals surface area contributed by atoms with Gasteiger partial charge in [-0.05, 0) is 12.1 Å². The second kappa shape index (κ2) is 4.29. The molecule has 1 aromatic rings. The molecule has 0 bridgehead atoms. The molecule has 1 aliphatic rings. The number of anilines is 2. The summed E-state index contributed by atoms with van der Waals surface area (Å²) < 4.78 is 4.50. The molecule has 17 heavy (non-hydrogen) atoms. The number of rotatable bonds is 1. The molecule has 0 aromatic heterocycles. The Morgan fingerprint density at radius 1 is 1.41 bits per heavy atom. The van der Waals surface area contributed by atoms with Crippen molar-refractivity contribution in [2.75, 3.05) is 24.4 Å². The van der Waals surface area contributed by atoms with Crippen LogP contribution in [0.15, 0.2) is 36.0 Å². The van der Waals surface area contributed by atoms with Crippen LogP contribution in [0.3, 0.4) is 0 Å². The second-order valence-electron chi connectivity index (χ2n) is 3.59. The van der Waals surface area contributed by atoms with Crippen molar-refractivity contribution >= 4 is 23.3 Å². The van der Waals surface area contributed by atoms with Crippen molar-refractivity contribution in [2.45, 2.75) is 0 Å². The summed E-state index contributed by atoms with van der Waals surface area (Å²) in [4.78, 5) is 24.5. The molecule has 1 amide bonds. The van der Waals surface area contributed by atoms with Gasteiger partial charge in [0.1, 0.15) is 5.70 Å². The third-order valence-corrected chi connectivity index (χ3v) is 2.53. The fourth-order valence-electron chi connectivity index (χ4n) is 1.64. The van der Waals surface area contributed by atoms with Crippen LogP contribution in [0.25, 0.3) is 0 Å². The van der Waals surface area contributed by atoms with Gasteiger partial charge >= 0.3 is 5.97 Å². The van der Waals surface area contributed by atoms with E-state index in [1.165, 1.54) is 12.0 Å². The minimum atomic E-state index is -0.561. The van der Waals surface area contributed by atoms with E-state index in [0.717, 1.165) is 17.5 Å². The first-order valence-electron chi connectivity index (χ1n) is 5.07. The number of benzene rings is 1. The molecule has 0 aliphatic carbocycles. The summed E-state index contributed by atoms with van der Waals surface area (Å²) in [7, 11) is 2.93. The zero-order chi connectivity index (χ0) is 12.4. The highest BCUT2D eigenvalue weighted by molar-refractivity contribution is 6.14. The number of hydrogen-bond acceptors (Lipinski definition) is 4. The Morgan fingerprint density at radius 2 is 2.12 bits per heavy atom. The molecule has 0 radical (unpaired) electrons. The van der Waals surface area contributed by atoms with Crippen LogP contribution in [0, 0.1) is 0 Å². The number of hydrogen-bond donors (Lipinski definition) is 1. The van der Waals surface area contributed by atoms with Crippen LogP contribution in [0.5, 0.6) is 0 Å². The van der Waals surface area contributed by atoms with Crippen molar-refractivity contribution < 1.29 is 14.3 Å². The van der Waals surface area contributed by atoms with Gasteiger partial charge in [-0.3, -0.25) is 4.79 Å². The molecule has 0 atom stereocenters. The highest BCUT2D eigenvalue weighted by atomic mass is 16.5. The average Bonchev–Trinajstić information content (AvgIpc) is 2.35. The molecule has 88 valence electrons. The Hall–Kier alpha value is -2.30. The smallest absolute Gasteiger partial charge is 0.332 e. The third kappa shape index (κ3) is 1.99. The molecule has 1 aromatic carbocycles. The second-order valence-corrected chi connectivity index (χ2v) is 3.59. The van der Waals surface area contributed by atoms with Crippen molar-refractivity contribution in [2.24, 2.45) is 0 Å². The molecule has 1 heterocycles. The van der Waals surface area contributed by atoms with Gasteiger partial charge in [-0.2, -0.15) is 0 Å². The first-order chi connectivity index (χ1) is 8.13. The predicted octanol–water partition coefficient (Wildman–Crippen LogP) is 1.13. The fourth-order valence-corrected chi connectivity index (χ4v) is 1.64. The van der Waals surface area contributed by atoms with Crippen molar-refractivity contribution in [3.8, 4) is 0 Å². The van der Waals surface area contributed by atoms with Gasteiger partial charge < -0.3 is 15.0 Å². The van der Waals surface area contributed by atoms with Crippen LogP contribution in [0.1, 0.15) is 0 Å². The summed E-state index contributed by atoms with van der Waals surface area (Å²) in [5, 5.41) is 2.91. The maximum absolute atomic E-state index is 11.9. The lowest BCUT2D eigenvalue weighted by molar-refractivity contribution is -0.135. The Morgan fingerprint density at radius 3 is 2.82 bits per heavy atom. The quantitative estimate of drug-likeness (QED) is 0.582. The van der Waals surface area contributed by atoms with Gasteiger partial charge in [0.2, 0.25) is 0 Å². The highest BCUT2D eigenvalue weighted by Gasteiger charge is 2.25. The van der Waals surface area contributed by atoms with Crippen LogP contribution in [-0.4, -0.2) is 26.0 Å². The van der Waals surface area contributed by atoms with Crippen molar-refractivity contribution in [3.05, 3.63) is 36.0 Å². The summed E-state index contributed by atoms with van der Waals surface area (Å²) in [6, 6.07) is 7.36. The minimum absolute atomic E-state index is 0.207. The first kappa shape index (κ1) is 11.2. The molecule has 0 saturated carbocycles. The number of ether oxygens (including phenoxy) is 1. The van der Waals surface area contributed by atoms with Gasteiger partial charge in [-0.1, -0.05) is 12.1 Å². The number of nitrogens with zero attached hydrogens (tertiary/aromatic N) is 1. The topological polar surface area (TPSA) is 58.6 Å². The van der Waals surface area contributed by atoms with Crippen LogP contribution < -0.4 is 10.2 Å². The third-order valence-electron chi connectivity index (χ3n) is 2.53. The standard InChI is InChI=1S/C12H12N2O3/c1-14-10-6-4-3-5-8(10)13-9(12(14)16)7-11(15)17-2/h3-7,13H,1-2H3/b9-7-. The zero-order valence-corrected chi connectivity index (χ0v) is 9.56. The monoisotopic (exact) mass is 232 g/mol. The maximum atomic E-state index is 11.9. The van der Waals surface area contributed by atoms with E-state index in [-0.39, 0.29) is 11.6 Å². The summed E-state index contributed by atoms with van der Waals surface area (Å²) in [6.45, 7) is 0. The highest BCUT2D eigenvalue weighted by Crippen LogP contribution is 2.30. The van der Waals surface area contributed by atoms with E-state index >= 15 is 0 Å². The molecule has 2 rings (SSSR count). The van der Waals surface area contributed by atoms with E-state index < -0.39 is 5.97 Å². The van der Waals surface area contributed by atoms with Gasteiger partial charge in [-0.15, -0.1) is 0 Å². The van der Waals surface area contributed by atoms with Crippen LogP contribution in [-0.2, 0) is 14.3 Å². The molecule has 0 spiro atoms. The lowest BCUT2D eigenvalue weighted by atomic mass is 10.1. The molecule has 5 nitrogen and oxygen atoms in total. The maximum Gasteiger partial charge on any atom is 0.332 e. The van der Waals surface area contributed by atoms with E-state index in [4.69, 9.17) is 0 Å². The Labute approximate surface area is 98.7 Å². The van der Waals surface area contributed by atoms with E-state index in [1.54, 1.807) is 7.05 Å². The van der Waals surface area contributed by atoms with Gasteiger partial charge in [0, 0.05) is 7.05 Å². The Bertz CT molecular complexity index is 508. The summed E-state index contributed by atoms with van der Waals surface area (Å²) in [6.07, 6.45) is 1.15. The number of para-hydroxylation sites is 2. The van der Waals surface area contributed by atoms with Crippen LogP contribution in [0.2, 0.25) is 0 Å². The lowest BCUT2D eigenvalue weighted by Gasteiger charge is -2.28. The SMILES string of the molecule is COC(=O)/C=C1\Nc2ccccc2N(C)C1=O. The van der Waals surface area contributed by atoms with E-state index in [2.05, 4.69) is 10.1 Å². The number of methoxy groups -OCH3 is 1. The number of carbonyl (C=O) groups excluding carboxylic acids is 2. The van der Waals surface area contributed by atoms with E-state index in [0.29, 0.717) is 0 Å². The molecule has 1 aliphatic heterocycles. The summed E-state index contributed by atoms with van der Waals surface area (Å²) in [5.41, 5.74) is 1.77. The minimum Gasteiger partial charge on any atom is -0.466 e. The van der Waals surface area contributed by atoms with Crippen LogP contribution >= 0.6 is 0 Å². The Kier molecular flexibility index (Phi) is 2.82. The molecular formula is C12H12N2O3. The van der Waals surface area contributed by atoms with Gasteiger partial charge in [-0.25, -0.2) is 4.79 Å². The first-order valence-corrected chi connectivity index (χ1v) is 5.07. The molecule has 0 unspecified atom stereocenters. The molecule has 1 N–H and O–H groups in total. The number of nitrogens with one attached hydrogen (secondary N) is 1. The average molecular weight is 232 g/mol. The normalized spacial score (nSPS) is 16.5. The predicted molar refractivity (Wildman–Crippen MR) is 63.6 cm³/mol. The fraction of sp³-hybridized carbons (Fsp3) is 0.167. The Balaban J connectivity index is 2.41. The number of likely N-dealkylation sites (N-methyl/N-ethyl adjacent to an activating group) is 1. The zero-order valence-electron chi connectivity index (χ0n) is 9.56. The largest absolute Gasteiger partial charge is 0.466 e. The number of esters is 1.